The summed E-state index contributed by atoms with van der Waals surface area (Å²) in [7, 11) is 5.27. The van der Waals surface area contributed by atoms with Crippen molar-refractivity contribution >= 4 is 17.9 Å². The quantitative estimate of drug-likeness (QED) is 0.348. The first kappa shape index (κ1) is 23.8. The largest absolute Gasteiger partial charge is 0.493 e. The van der Waals surface area contributed by atoms with Crippen LogP contribution in [0, 0.1) is 0 Å². The van der Waals surface area contributed by atoms with Crippen LogP contribution in [0.25, 0.3) is 0 Å². The van der Waals surface area contributed by atoms with E-state index in [1.54, 1.807) is 0 Å². The van der Waals surface area contributed by atoms with Crippen molar-refractivity contribution in [3.63, 3.8) is 0 Å². The summed E-state index contributed by atoms with van der Waals surface area (Å²) in [4.78, 5) is 34.2. The highest BCUT2D eigenvalue weighted by Gasteiger charge is 2.52. The number of nitrogens with zero attached hydrogens (tertiary/aromatic N) is 1. The Labute approximate surface area is 187 Å². The van der Waals surface area contributed by atoms with Crippen molar-refractivity contribution in [1.29, 1.82) is 0 Å². The molecule has 2 bridgehead atoms. The van der Waals surface area contributed by atoms with Gasteiger partial charge in [-0.3, -0.25) is 14.4 Å². The first-order chi connectivity index (χ1) is 15.2. The Morgan fingerprint density at radius 1 is 1.03 bits per heavy atom. The number of hydrogen-bond donors (Lipinski definition) is 1. The summed E-state index contributed by atoms with van der Waals surface area (Å²) >= 11 is 0. The van der Waals surface area contributed by atoms with Crippen molar-refractivity contribution in [3.05, 3.63) is 17.7 Å². The van der Waals surface area contributed by atoms with Gasteiger partial charge in [-0.1, -0.05) is 0 Å². The average Bonchev–Trinajstić information content (AvgIpc) is 2.90. The van der Waals surface area contributed by atoms with E-state index in [4.69, 9.17) is 24.1 Å². The van der Waals surface area contributed by atoms with E-state index in [9.17, 15) is 14.4 Å². The van der Waals surface area contributed by atoms with E-state index in [2.05, 4.69) is 7.05 Å². The van der Waals surface area contributed by atoms with Crippen LogP contribution in [-0.2, 0) is 25.7 Å². The number of carbonyl (C=O) groups is 3. The number of benzene rings is 1. The molecule has 32 heavy (non-hydrogen) atoms. The molecule has 0 aromatic heterocycles. The van der Waals surface area contributed by atoms with Crippen LogP contribution < -0.4 is 14.2 Å². The second-order valence-electron chi connectivity index (χ2n) is 8.79. The first-order valence-electron chi connectivity index (χ1n) is 10.9. The number of methoxy groups -OCH3 is 2. The van der Waals surface area contributed by atoms with Crippen molar-refractivity contribution in [3.8, 4) is 17.2 Å². The Bertz CT molecular complexity index is 844. The topological polar surface area (TPSA) is 108 Å². The predicted octanol–water partition coefficient (Wildman–Crippen LogP) is 2.68. The monoisotopic (exact) mass is 450 g/mol. The van der Waals surface area contributed by atoms with E-state index in [0.717, 1.165) is 42.3 Å². The molecular formula is C23H32NO8+. The molecule has 2 fully saturated rings. The standard InChI is InChI=1S/C23H31NO8/c1-14(25)31-23-19(29-3)9-15(10-20(23)30-4)13-24(2)16-5-6-17(24)12-18(11-16)32-22(28)8-7-21(26)27/h9-10,16-18H,5-8,11-13H2,1-4H3/p+1/t16-,17+,18?,24?. The van der Waals surface area contributed by atoms with E-state index >= 15 is 0 Å². The lowest BCUT2D eigenvalue weighted by Gasteiger charge is -2.47. The minimum absolute atomic E-state index is 0.0957. The molecule has 2 aliphatic heterocycles. The maximum atomic E-state index is 12.0. The van der Waals surface area contributed by atoms with Crippen LogP contribution in [-0.4, -0.2) is 67.0 Å². The normalized spacial score (nSPS) is 26.3. The van der Waals surface area contributed by atoms with Crippen molar-refractivity contribution in [2.24, 2.45) is 0 Å². The molecule has 0 aliphatic carbocycles. The number of aliphatic carboxylic acids is 1. The van der Waals surface area contributed by atoms with Crippen LogP contribution in [0.4, 0.5) is 0 Å². The van der Waals surface area contributed by atoms with Crippen molar-refractivity contribution in [1.82, 2.24) is 0 Å². The van der Waals surface area contributed by atoms with Crippen LogP contribution in [0.3, 0.4) is 0 Å². The fourth-order valence-electron chi connectivity index (χ4n) is 5.16. The molecule has 0 radical (unpaired) electrons. The Morgan fingerprint density at radius 2 is 1.59 bits per heavy atom. The number of piperidine rings is 1. The molecule has 1 N–H and O–H groups in total. The summed E-state index contributed by atoms with van der Waals surface area (Å²) < 4.78 is 22.6. The molecule has 1 aromatic carbocycles. The van der Waals surface area contributed by atoms with Crippen molar-refractivity contribution < 1.29 is 42.9 Å². The van der Waals surface area contributed by atoms with Crippen molar-refractivity contribution in [2.45, 2.75) is 70.2 Å². The van der Waals surface area contributed by atoms with Gasteiger partial charge in [0.05, 0.1) is 46.2 Å². The van der Waals surface area contributed by atoms with Gasteiger partial charge < -0.3 is 28.5 Å². The summed E-state index contributed by atoms with van der Waals surface area (Å²) in [6.07, 6.45) is 3.13. The molecule has 2 aliphatic rings. The number of fused-ring (bicyclic) bond motifs is 2. The Balaban J connectivity index is 1.74. The Hall–Kier alpha value is -2.81. The zero-order valence-corrected chi connectivity index (χ0v) is 19.1. The highest BCUT2D eigenvalue weighted by Crippen LogP contribution is 2.45. The molecule has 1 aromatic rings. The number of carboxylic acids is 1. The first-order valence-corrected chi connectivity index (χ1v) is 10.9. The minimum atomic E-state index is -1.000. The number of esters is 2. The van der Waals surface area contributed by atoms with Gasteiger partial charge in [0, 0.05) is 38.2 Å². The van der Waals surface area contributed by atoms with Gasteiger partial charge >= 0.3 is 17.9 Å². The van der Waals surface area contributed by atoms with E-state index < -0.39 is 17.9 Å². The zero-order valence-electron chi connectivity index (χ0n) is 19.1. The molecule has 176 valence electrons. The van der Waals surface area contributed by atoms with Gasteiger partial charge in [-0.15, -0.1) is 0 Å². The third-order valence-electron chi connectivity index (χ3n) is 6.70. The van der Waals surface area contributed by atoms with Crippen LogP contribution in [0.15, 0.2) is 12.1 Å². The molecule has 2 saturated heterocycles. The summed E-state index contributed by atoms with van der Waals surface area (Å²) in [6.45, 7) is 2.07. The SMILES string of the molecule is COc1cc(C[N+]2(C)[C@@H]3CC[C@H]2CC(OC(=O)CCC(=O)O)C3)cc(OC)c1OC(C)=O. The van der Waals surface area contributed by atoms with Gasteiger partial charge in [0.25, 0.3) is 0 Å². The third-order valence-corrected chi connectivity index (χ3v) is 6.70. The highest BCUT2D eigenvalue weighted by atomic mass is 16.6. The number of ether oxygens (including phenoxy) is 4. The molecular weight excluding hydrogens is 418 g/mol. The zero-order chi connectivity index (χ0) is 23.5. The molecule has 0 saturated carbocycles. The predicted molar refractivity (Wildman–Crippen MR) is 114 cm³/mol. The summed E-state index contributed by atoms with van der Waals surface area (Å²) in [5.41, 5.74) is 1.01. The second-order valence-corrected chi connectivity index (χ2v) is 8.79. The molecule has 0 amide bonds. The molecule has 9 nitrogen and oxygen atoms in total. The third kappa shape index (κ3) is 5.15. The van der Waals surface area contributed by atoms with Crippen LogP contribution in [0.2, 0.25) is 0 Å². The van der Waals surface area contributed by atoms with Crippen LogP contribution in [0.5, 0.6) is 17.2 Å². The van der Waals surface area contributed by atoms with Gasteiger partial charge in [0.15, 0.2) is 11.5 Å². The second kappa shape index (κ2) is 9.77. The van der Waals surface area contributed by atoms with Crippen LogP contribution >= 0.6 is 0 Å². The average molecular weight is 451 g/mol. The van der Waals surface area contributed by atoms with E-state index in [-0.39, 0.29) is 24.7 Å². The fraction of sp³-hybridized carbons (Fsp3) is 0.609. The summed E-state index contributed by atoms with van der Waals surface area (Å²) in [5.74, 6) is -0.745. The summed E-state index contributed by atoms with van der Waals surface area (Å²) in [6, 6.07) is 4.41. The molecule has 2 heterocycles. The van der Waals surface area contributed by atoms with Crippen LogP contribution in [0.1, 0.15) is 51.0 Å². The maximum absolute atomic E-state index is 12.0. The molecule has 0 spiro atoms. The van der Waals surface area contributed by atoms with Gasteiger partial charge in [0.2, 0.25) is 5.75 Å². The smallest absolute Gasteiger partial charge is 0.308 e. The Morgan fingerprint density at radius 3 is 2.06 bits per heavy atom. The highest BCUT2D eigenvalue weighted by molar-refractivity contribution is 5.76. The maximum Gasteiger partial charge on any atom is 0.308 e. The van der Waals surface area contributed by atoms with E-state index in [1.165, 1.54) is 21.1 Å². The summed E-state index contributed by atoms with van der Waals surface area (Å²) in [5, 5.41) is 8.75. The number of carboxylic acid groups (broad SMARTS) is 1. The lowest BCUT2D eigenvalue weighted by atomic mass is 9.95. The van der Waals surface area contributed by atoms with Gasteiger partial charge in [-0.05, 0) is 12.1 Å². The van der Waals surface area contributed by atoms with E-state index in [0.29, 0.717) is 23.6 Å². The number of hydrogen-bond acceptors (Lipinski definition) is 7. The molecule has 9 heteroatoms. The van der Waals surface area contributed by atoms with Gasteiger partial charge in [-0.25, -0.2) is 0 Å². The molecule has 2 unspecified atom stereocenters. The molecule has 4 atom stereocenters. The van der Waals surface area contributed by atoms with E-state index in [1.807, 2.05) is 12.1 Å². The van der Waals surface area contributed by atoms with Gasteiger partial charge in [-0.2, -0.15) is 0 Å². The lowest BCUT2D eigenvalue weighted by Crippen LogP contribution is -2.58. The lowest BCUT2D eigenvalue weighted by molar-refractivity contribution is -0.961. The number of quaternary nitrogens is 1. The number of rotatable bonds is 9. The Kier molecular flexibility index (Phi) is 7.28. The minimum Gasteiger partial charge on any atom is -0.493 e. The molecule has 3 rings (SSSR count). The fourth-order valence-corrected chi connectivity index (χ4v) is 5.16. The van der Waals surface area contributed by atoms with Gasteiger partial charge in [0.1, 0.15) is 12.6 Å². The van der Waals surface area contributed by atoms with Crippen molar-refractivity contribution in [2.75, 3.05) is 21.3 Å². The number of carbonyl (C=O) groups excluding carboxylic acids is 2.